The van der Waals surface area contributed by atoms with Gasteiger partial charge in [0.15, 0.2) is 0 Å². The highest BCUT2D eigenvalue weighted by atomic mass is 35.5. The average molecular weight is 297 g/mol. The summed E-state index contributed by atoms with van der Waals surface area (Å²) in [6.45, 7) is 2.17. The van der Waals surface area contributed by atoms with Gasteiger partial charge in [-0.2, -0.15) is 0 Å². The van der Waals surface area contributed by atoms with Crippen LogP contribution in [0.25, 0.3) is 0 Å². The Bertz CT molecular complexity index is 504. The second-order valence-corrected chi connectivity index (χ2v) is 6.34. The number of hydrogen-bond donors (Lipinski definition) is 0. The number of benzene rings is 1. The summed E-state index contributed by atoms with van der Waals surface area (Å²) in [6, 6.07) is 11.1. The number of alkyl halides is 1. The lowest BCUT2D eigenvalue weighted by Gasteiger charge is -2.12. The van der Waals surface area contributed by atoms with Crippen molar-refractivity contribution in [2.24, 2.45) is 5.92 Å². The largest absolute Gasteiger partial charge is 0.207 e. The van der Waals surface area contributed by atoms with Gasteiger partial charge in [0.2, 0.25) is 0 Å². The van der Waals surface area contributed by atoms with Gasteiger partial charge in [0.25, 0.3) is 0 Å². The fourth-order valence-corrected chi connectivity index (χ4v) is 3.43. The third kappa shape index (κ3) is 4.32. The Kier molecular flexibility index (Phi) is 5.41. The van der Waals surface area contributed by atoms with E-state index in [1.54, 1.807) is 0 Å². The predicted molar refractivity (Wildman–Crippen MR) is 81.7 cm³/mol. The van der Waals surface area contributed by atoms with Gasteiger partial charge in [-0.15, -0.1) is 22.9 Å². The van der Waals surface area contributed by atoms with E-state index in [-0.39, 0.29) is 5.82 Å². The van der Waals surface area contributed by atoms with E-state index in [0.717, 1.165) is 24.8 Å². The highest BCUT2D eigenvalue weighted by Crippen LogP contribution is 2.23. The van der Waals surface area contributed by atoms with Crippen molar-refractivity contribution >= 4 is 22.9 Å². The maximum Gasteiger partial charge on any atom is 0.123 e. The van der Waals surface area contributed by atoms with Gasteiger partial charge in [-0.1, -0.05) is 19.1 Å². The van der Waals surface area contributed by atoms with Crippen molar-refractivity contribution in [1.29, 1.82) is 0 Å². The number of thiophene rings is 1. The first kappa shape index (κ1) is 14.5. The molecule has 1 aromatic heterocycles. The third-order valence-corrected chi connectivity index (χ3v) is 4.90. The Labute approximate surface area is 123 Å². The Hall–Kier alpha value is -0.860. The van der Waals surface area contributed by atoms with E-state index < -0.39 is 0 Å². The number of hydrogen-bond acceptors (Lipinski definition) is 1. The zero-order valence-electron chi connectivity index (χ0n) is 11.0. The van der Waals surface area contributed by atoms with Crippen LogP contribution in [0.3, 0.4) is 0 Å². The van der Waals surface area contributed by atoms with Gasteiger partial charge in [-0.25, -0.2) is 4.39 Å². The van der Waals surface area contributed by atoms with E-state index in [9.17, 15) is 4.39 Å². The van der Waals surface area contributed by atoms with Crippen LogP contribution in [0.15, 0.2) is 36.4 Å². The number of aryl methyl sites for hydroxylation is 1. The second kappa shape index (κ2) is 7.06. The summed E-state index contributed by atoms with van der Waals surface area (Å²) >= 11 is 7.94. The standard InChI is InChI=1S/C16H18ClFS/c1-2-15-7-8-16(19-15)10-13(11-17)9-12-3-5-14(18)6-4-12/h3-8,13H,2,9-11H2,1H3. The van der Waals surface area contributed by atoms with Gasteiger partial charge in [0.1, 0.15) is 5.82 Å². The Morgan fingerprint density at radius 1 is 1.05 bits per heavy atom. The van der Waals surface area contributed by atoms with Crippen LogP contribution in [0, 0.1) is 11.7 Å². The maximum atomic E-state index is 12.9. The van der Waals surface area contributed by atoms with Crippen LogP contribution in [-0.2, 0) is 19.3 Å². The molecule has 0 saturated carbocycles. The highest BCUT2D eigenvalue weighted by molar-refractivity contribution is 7.11. The molecule has 1 heterocycles. The molecule has 0 bridgehead atoms. The van der Waals surface area contributed by atoms with E-state index in [2.05, 4.69) is 19.1 Å². The molecule has 0 nitrogen and oxygen atoms in total. The van der Waals surface area contributed by atoms with Crippen molar-refractivity contribution in [2.75, 3.05) is 5.88 Å². The molecule has 0 aliphatic carbocycles. The summed E-state index contributed by atoms with van der Waals surface area (Å²) in [5.41, 5.74) is 1.15. The average Bonchev–Trinajstić information content (AvgIpc) is 2.88. The summed E-state index contributed by atoms with van der Waals surface area (Å²) in [6.07, 6.45) is 3.00. The molecule has 0 fully saturated rings. The minimum absolute atomic E-state index is 0.183. The van der Waals surface area contributed by atoms with Crippen molar-refractivity contribution in [1.82, 2.24) is 0 Å². The van der Waals surface area contributed by atoms with Gasteiger partial charge < -0.3 is 0 Å². The fraction of sp³-hybridized carbons (Fsp3) is 0.375. The van der Waals surface area contributed by atoms with Crippen molar-refractivity contribution in [3.63, 3.8) is 0 Å². The third-order valence-electron chi connectivity index (χ3n) is 3.21. The lowest BCUT2D eigenvalue weighted by Crippen LogP contribution is -2.09. The van der Waals surface area contributed by atoms with E-state index in [1.807, 2.05) is 23.5 Å². The molecule has 19 heavy (non-hydrogen) atoms. The molecule has 0 N–H and O–H groups in total. The first-order valence-electron chi connectivity index (χ1n) is 6.59. The summed E-state index contributed by atoms with van der Waals surface area (Å²) in [5, 5.41) is 0. The molecular formula is C16H18ClFS. The lowest BCUT2D eigenvalue weighted by atomic mass is 9.97. The summed E-state index contributed by atoms with van der Waals surface area (Å²) < 4.78 is 12.9. The zero-order chi connectivity index (χ0) is 13.7. The molecule has 0 aliphatic heterocycles. The first-order chi connectivity index (χ1) is 9.21. The summed E-state index contributed by atoms with van der Waals surface area (Å²) in [7, 11) is 0. The molecule has 2 aromatic rings. The smallest absolute Gasteiger partial charge is 0.123 e. The molecule has 3 heteroatoms. The number of halogens is 2. The minimum Gasteiger partial charge on any atom is -0.207 e. The fourth-order valence-electron chi connectivity index (χ4n) is 2.14. The molecule has 102 valence electrons. The van der Waals surface area contributed by atoms with Gasteiger partial charge >= 0.3 is 0 Å². The Morgan fingerprint density at radius 3 is 2.32 bits per heavy atom. The lowest BCUT2D eigenvalue weighted by molar-refractivity contribution is 0.585. The normalized spacial score (nSPS) is 12.6. The predicted octanol–water partition coefficient (Wildman–Crippen LogP) is 5.09. The van der Waals surface area contributed by atoms with E-state index in [0.29, 0.717) is 11.8 Å². The Morgan fingerprint density at radius 2 is 1.74 bits per heavy atom. The van der Waals surface area contributed by atoms with Crippen LogP contribution in [0.2, 0.25) is 0 Å². The van der Waals surface area contributed by atoms with Crippen LogP contribution in [0.4, 0.5) is 4.39 Å². The summed E-state index contributed by atoms with van der Waals surface area (Å²) in [4.78, 5) is 2.81. The Balaban J connectivity index is 1.98. The van der Waals surface area contributed by atoms with Gasteiger partial charge in [-0.05, 0) is 55.0 Å². The molecule has 2 rings (SSSR count). The van der Waals surface area contributed by atoms with E-state index in [4.69, 9.17) is 11.6 Å². The minimum atomic E-state index is -0.183. The first-order valence-corrected chi connectivity index (χ1v) is 7.94. The van der Waals surface area contributed by atoms with Crippen LogP contribution < -0.4 is 0 Å². The number of rotatable bonds is 6. The van der Waals surface area contributed by atoms with Gasteiger partial charge in [0, 0.05) is 15.6 Å². The topological polar surface area (TPSA) is 0 Å². The molecule has 1 aromatic carbocycles. The van der Waals surface area contributed by atoms with Crippen molar-refractivity contribution in [2.45, 2.75) is 26.2 Å². The van der Waals surface area contributed by atoms with Crippen LogP contribution in [0.5, 0.6) is 0 Å². The maximum absolute atomic E-state index is 12.9. The molecule has 1 unspecified atom stereocenters. The molecule has 0 amide bonds. The molecular weight excluding hydrogens is 279 g/mol. The van der Waals surface area contributed by atoms with Crippen molar-refractivity contribution in [3.8, 4) is 0 Å². The van der Waals surface area contributed by atoms with Crippen LogP contribution in [0.1, 0.15) is 22.2 Å². The van der Waals surface area contributed by atoms with Crippen LogP contribution in [-0.4, -0.2) is 5.88 Å². The molecule has 1 atom stereocenters. The van der Waals surface area contributed by atoms with Gasteiger partial charge in [-0.3, -0.25) is 0 Å². The van der Waals surface area contributed by atoms with Crippen molar-refractivity contribution in [3.05, 3.63) is 57.5 Å². The monoisotopic (exact) mass is 296 g/mol. The molecule has 0 radical (unpaired) electrons. The summed E-state index contributed by atoms with van der Waals surface area (Å²) in [5.74, 6) is 0.865. The molecule has 0 saturated heterocycles. The van der Waals surface area contributed by atoms with Gasteiger partial charge in [0.05, 0.1) is 0 Å². The molecule has 0 spiro atoms. The van der Waals surface area contributed by atoms with E-state index in [1.165, 1.54) is 21.9 Å². The van der Waals surface area contributed by atoms with Crippen molar-refractivity contribution < 1.29 is 4.39 Å². The SMILES string of the molecule is CCc1ccc(CC(CCl)Cc2ccc(F)cc2)s1. The highest BCUT2D eigenvalue weighted by Gasteiger charge is 2.11. The quantitative estimate of drug-likeness (QED) is 0.651. The molecule has 0 aliphatic rings. The van der Waals surface area contributed by atoms with Crippen LogP contribution >= 0.6 is 22.9 Å². The van der Waals surface area contributed by atoms with E-state index >= 15 is 0 Å². The second-order valence-electron chi connectivity index (χ2n) is 4.78. The zero-order valence-corrected chi connectivity index (χ0v) is 12.6.